The first-order valence-electron chi connectivity index (χ1n) is 7.69. The number of hydrogen-bond donors (Lipinski definition) is 2. The van der Waals surface area contributed by atoms with Crippen LogP contribution in [0.3, 0.4) is 0 Å². The second kappa shape index (κ2) is 7.70. The second-order valence-corrected chi connectivity index (χ2v) is 6.55. The Morgan fingerprint density at radius 2 is 1.79 bits per heavy atom. The maximum Gasteiger partial charge on any atom is 0.188 e. The van der Waals surface area contributed by atoms with Gasteiger partial charge in [-0.1, -0.05) is 39.5 Å². The average molecular weight is 379 g/mol. The average Bonchev–Trinajstić information content (AvgIpc) is 3.12. The Balaban J connectivity index is 0.00000180. The highest BCUT2D eigenvalue weighted by Gasteiger charge is 2.45. The van der Waals surface area contributed by atoms with Gasteiger partial charge in [-0.05, 0) is 37.0 Å². The summed E-state index contributed by atoms with van der Waals surface area (Å²) >= 11 is 0. The van der Waals surface area contributed by atoms with Crippen LogP contribution in [0.2, 0.25) is 0 Å². The fraction of sp³-hybridized carbons (Fsp3) is 0.933. The van der Waals surface area contributed by atoms with Crippen LogP contribution >= 0.6 is 24.0 Å². The minimum absolute atomic E-state index is 0. The lowest BCUT2D eigenvalue weighted by Crippen LogP contribution is -2.40. The topological polar surface area (TPSA) is 50.4 Å². The van der Waals surface area contributed by atoms with Gasteiger partial charge in [0.15, 0.2) is 5.96 Å². The van der Waals surface area contributed by atoms with Gasteiger partial charge in [-0.25, -0.2) is 0 Å². The molecule has 0 amide bonds. The van der Waals surface area contributed by atoms with Crippen LogP contribution in [-0.2, 0) is 0 Å². The van der Waals surface area contributed by atoms with E-state index in [1.54, 1.807) is 0 Å². The Labute approximate surface area is 135 Å². The van der Waals surface area contributed by atoms with E-state index in [1.807, 2.05) is 0 Å². The highest BCUT2D eigenvalue weighted by Crippen LogP contribution is 2.51. The van der Waals surface area contributed by atoms with Gasteiger partial charge in [0.1, 0.15) is 0 Å². The van der Waals surface area contributed by atoms with Gasteiger partial charge in [0.05, 0.1) is 0 Å². The van der Waals surface area contributed by atoms with Crippen LogP contribution in [0.15, 0.2) is 4.99 Å². The van der Waals surface area contributed by atoms with Crippen LogP contribution in [0.25, 0.3) is 0 Å². The molecule has 0 saturated heterocycles. The molecule has 0 aromatic heterocycles. The summed E-state index contributed by atoms with van der Waals surface area (Å²) in [5, 5.41) is 3.43. The lowest BCUT2D eigenvalue weighted by Gasteiger charge is -2.19. The predicted molar refractivity (Wildman–Crippen MR) is 93.0 cm³/mol. The molecular weight excluding hydrogens is 349 g/mol. The molecule has 112 valence electrons. The summed E-state index contributed by atoms with van der Waals surface area (Å²) in [5.74, 6) is 1.40. The van der Waals surface area contributed by atoms with Crippen molar-refractivity contribution >= 4 is 29.9 Å². The summed E-state index contributed by atoms with van der Waals surface area (Å²) in [6.07, 6.45) is 10.6. The normalized spacial score (nSPS) is 23.6. The predicted octanol–water partition coefficient (Wildman–Crippen LogP) is 3.67. The molecule has 0 radical (unpaired) electrons. The van der Waals surface area contributed by atoms with Crippen molar-refractivity contribution in [3.8, 4) is 0 Å². The van der Waals surface area contributed by atoms with Crippen molar-refractivity contribution in [3.05, 3.63) is 0 Å². The van der Waals surface area contributed by atoms with E-state index in [0.29, 0.717) is 17.4 Å². The van der Waals surface area contributed by atoms with Crippen LogP contribution in [0.4, 0.5) is 0 Å². The maximum atomic E-state index is 6.03. The molecule has 2 aliphatic rings. The number of hydrogen-bond acceptors (Lipinski definition) is 1. The zero-order chi connectivity index (χ0) is 13.0. The van der Waals surface area contributed by atoms with E-state index in [9.17, 15) is 0 Å². The van der Waals surface area contributed by atoms with Gasteiger partial charge in [0.25, 0.3) is 0 Å². The molecule has 0 aliphatic heterocycles. The van der Waals surface area contributed by atoms with Gasteiger partial charge in [-0.2, -0.15) is 0 Å². The van der Waals surface area contributed by atoms with Crippen LogP contribution < -0.4 is 11.1 Å². The van der Waals surface area contributed by atoms with E-state index in [1.165, 1.54) is 51.4 Å². The molecule has 0 spiro atoms. The monoisotopic (exact) mass is 379 g/mol. The minimum atomic E-state index is 0. The first kappa shape index (κ1) is 17.1. The first-order valence-corrected chi connectivity index (χ1v) is 7.69. The Hall–Kier alpha value is 0. The van der Waals surface area contributed by atoms with Crippen molar-refractivity contribution in [1.29, 1.82) is 0 Å². The smallest absolute Gasteiger partial charge is 0.188 e. The van der Waals surface area contributed by atoms with E-state index in [0.717, 1.165) is 12.5 Å². The molecule has 3 nitrogen and oxygen atoms in total. The molecule has 0 bridgehead atoms. The maximum absolute atomic E-state index is 6.03. The number of nitrogens with zero attached hydrogens (tertiary/aromatic N) is 1. The summed E-state index contributed by atoms with van der Waals surface area (Å²) < 4.78 is 0. The highest BCUT2D eigenvalue weighted by molar-refractivity contribution is 14.0. The third kappa shape index (κ3) is 5.12. The van der Waals surface area contributed by atoms with Crippen LogP contribution in [0, 0.1) is 11.3 Å². The molecule has 19 heavy (non-hydrogen) atoms. The van der Waals surface area contributed by atoms with E-state index in [4.69, 9.17) is 5.73 Å². The number of nitrogens with one attached hydrogen (secondary N) is 1. The van der Waals surface area contributed by atoms with Crippen molar-refractivity contribution in [2.24, 2.45) is 22.1 Å². The van der Waals surface area contributed by atoms with Crippen molar-refractivity contribution in [2.45, 2.75) is 71.3 Å². The van der Waals surface area contributed by atoms with E-state index < -0.39 is 0 Å². The molecule has 3 N–H and O–H groups in total. The number of guanidine groups is 1. The largest absolute Gasteiger partial charge is 0.370 e. The SMILES string of the molecule is CC(C)C1(CN=C(N)NC2CCCCCC2)CC1.I. The Kier molecular flexibility index (Phi) is 6.91. The zero-order valence-corrected chi connectivity index (χ0v) is 14.8. The molecule has 2 fully saturated rings. The number of halogens is 1. The van der Waals surface area contributed by atoms with Crippen LogP contribution in [0.5, 0.6) is 0 Å². The summed E-state index contributed by atoms with van der Waals surface area (Å²) in [6, 6.07) is 0.561. The summed E-state index contributed by atoms with van der Waals surface area (Å²) in [5.41, 5.74) is 6.50. The van der Waals surface area contributed by atoms with E-state index in [-0.39, 0.29) is 24.0 Å². The summed E-state index contributed by atoms with van der Waals surface area (Å²) in [4.78, 5) is 4.59. The van der Waals surface area contributed by atoms with Gasteiger partial charge in [-0.3, -0.25) is 4.99 Å². The van der Waals surface area contributed by atoms with Gasteiger partial charge < -0.3 is 11.1 Å². The molecule has 2 rings (SSSR count). The zero-order valence-electron chi connectivity index (χ0n) is 12.5. The Morgan fingerprint density at radius 3 is 2.26 bits per heavy atom. The highest BCUT2D eigenvalue weighted by atomic mass is 127. The standard InChI is InChI=1S/C15H29N3.HI/c1-12(2)15(9-10-15)11-17-14(16)18-13-7-5-3-4-6-8-13;/h12-13H,3-11H2,1-2H3,(H3,16,17,18);1H. The van der Waals surface area contributed by atoms with Crippen LogP contribution in [-0.4, -0.2) is 18.5 Å². The molecular formula is C15H30IN3. The Morgan fingerprint density at radius 1 is 1.21 bits per heavy atom. The lowest BCUT2D eigenvalue weighted by molar-refractivity contribution is 0.370. The van der Waals surface area contributed by atoms with E-state index >= 15 is 0 Å². The third-order valence-corrected chi connectivity index (χ3v) is 4.89. The molecule has 0 aromatic carbocycles. The van der Waals surface area contributed by atoms with Crippen molar-refractivity contribution in [2.75, 3.05) is 6.54 Å². The molecule has 2 aliphatic carbocycles. The van der Waals surface area contributed by atoms with Crippen molar-refractivity contribution in [1.82, 2.24) is 5.32 Å². The van der Waals surface area contributed by atoms with Gasteiger partial charge in [0.2, 0.25) is 0 Å². The molecule has 0 heterocycles. The molecule has 4 heteroatoms. The van der Waals surface area contributed by atoms with E-state index in [2.05, 4.69) is 24.2 Å². The number of rotatable bonds is 4. The van der Waals surface area contributed by atoms with Gasteiger partial charge in [0, 0.05) is 12.6 Å². The van der Waals surface area contributed by atoms with Crippen molar-refractivity contribution in [3.63, 3.8) is 0 Å². The second-order valence-electron chi connectivity index (χ2n) is 6.55. The lowest BCUT2D eigenvalue weighted by atomic mass is 9.93. The number of aliphatic imine (C=N–C) groups is 1. The first-order chi connectivity index (χ1) is 8.62. The minimum Gasteiger partial charge on any atom is -0.370 e. The Bertz CT molecular complexity index is 290. The van der Waals surface area contributed by atoms with Gasteiger partial charge in [-0.15, -0.1) is 24.0 Å². The van der Waals surface area contributed by atoms with Crippen LogP contribution in [0.1, 0.15) is 65.2 Å². The molecule has 0 atom stereocenters. The number of nitrogens with two attached hydrogens (primary N) is 1. The summed E-state index contributed by atoms with van der Waals surface area (Å²) in [7, 11) is 0. The molecule has 2 saturated carbocycles. The molecule has 0 aromatic rings. The van der Waals surface area contributed by atoms with Crippen molar-refractivity contribution < 1.29 is 0 Å². The van der Waals surface area contributed by atoms with Gasteiger partial charge >= 0.3 is 0 Å². The third-order valence-electron chi connectivity index (χ3n) is 4.89. The fourth-order valence-electron chi connectivity index (χ4n) is 3.00. The quantitative estimate of drug-likeness (QED) is 0.339. The molecule has 0 unspecified atom stereocenters. The fourth-order valence-corrected chi connectivity index (χ4v) is 3.00. The summed E-state index contributed by atoms with van der Waals surface area (Å²) in [6.45, 7) is 5.52.